The van der Waals surface area contributed by atoms with Crippen LogP contribution in [-0.4, -0.2) is 27.7 Å². The maximum Gasteiger partial charge on any atom is 0.333 e. The van der Waals surface area contributed by atoms with Crippen LogP contribution in [0.25, 0.3) is 11.3 Å². The maximum absolute atomic E-state index is 13.0. The maximum atomic E-state index is 13.0. The number of benzene rings is 2. The van der Waals surface area contributed by atoms with Gasteiger partial charge in [0.05, 0.1) is 5.69 Å². The molecule has 1 amide bonds. The highest BCUT2D eigenvalue weighted by Gasteiger charge is 2.14. The van der Waals surface area contributed by atoms with Crippen molar-refractivity contribution in [3.8, 4) is 17.0 Å². The summed E-state index contributed by atoms with van der Waals surface area (Å²) in [6.45, 7) is 0. The molecule has 2 aromatic carbocycles. The van der Waals surface area contributed by atoms with Gasteiger partial charge in [-0.3, -0.25) is 9.47 Å². The first-order chi connectivity index (χ1) is 11.0. The fraction of sp³-hybridized carbons (Fsp3) is 0.0588. The number of hydrogen-bond acceptors (Lipinski definition) is 3. The number of amides is 1. The van der Waals surface area contributed by atoms with Gasteiger partial charge in [-0.25, -0.2) is 14.2 Å². The van der Waals surface area contributed by atoms with Gasteiger partial charge in [0.15, 0.2) is 0 Å². The molecule has 1 heterocycles. The van der Waals surface area contributed by atoms with E-state index in [1.54, 1.807) is 37.5 Å². The molecule has 0 unspecified atom stereocenters. The molecule has 0 fully saturated rings. The van der Waals surface area contributed by atoms with Gasteiger partial charge in [0.1, 0.15) is 17.9 Å². The number of halogens is 1. The minimum Gasteiger partial charge on any atom is -0.508 e. The van der Waals surface area contributed by atoms with Crippen LogP contribution in [-0.2, 0) is 0 Å². The number of rotatable bonds is 2. The van der Waals surface area contributed by atoms with Crippen molar-refractivity contribution in [1.82, 2.24) is 9.55 Å². The second-order valence-corrected chi connectivity index (χ2v) is 5.03. The molecule has 3 aromatic rings. The van der Waals surface area contributed by atoms with Crippen LogP contribution in [0.2, 0.25) is 0 Å². The first-order valence-electron chi connectivity index (χ1n) is 6.91. The SMILES string of the molecule is CN(C(=O)n1cnc(-c2ccc(O)cc2)c1)c1ccc(F)cc1. The lowest BCUT2D eigenvalue weighted by molar-refractivity contribution is 0.249. The average Bonchev–Trinajstić information content (AvgIpc) is 3.05. The fourth-order valence-electron chi connectivity index (χ4n) is 2.16. The Kier molecular flexibility index (Phi) is 3.80. The molecular weight excluding hydrogens is 297 g/mol. The quantitative estimate of drug-likeness (QED) is 0.788. The number of carbonyl (C=O) groups excluding carboxylic acids is 1. The summed E-state index contributed by atoms with van der Waals surface area (Å²) in [4.78, 5) is 18.0. The second-order valence-electron chi connectivity index (χ2n) is 5.03. The van der Waals surface area contributed by atoms with Crippen molar-refractivity contribution in [3.63, 3.8) is 0 Å². The summed E-state index contributed by atoms with van der Waals surface area (Å²) >= 11 is 0. The molecule has 0 bridgehead atoms. The van der Waals surface area contributed by atoms with Crippen LogP contribution in [0.3, 0.4) is 0 Å². The van der Waals surface area contributed by atoms with E-state index >= 15 is 0 Å². The van der Waals surface area contributed by atoms with Crippen LogP contribution in [0.4, 0.5) is 14.9 Å². The number of imidazole rings is 1. The Morgan fingerprint density at radius 3 is 2.43 bits per heavy atom. The van der Waals surface area contributed by atoms with Gasteiger partial charge in [-0.1, -0.05) is 0 Å². The Morgan fingerprint density at radius 1 is 1.13 bits per heavy atom. The van der Waals surface area contributed by atoms with Crippen LogP contribution in [0, 0.1) is 5.82 Å². The number of phenolic OH excluding ortho intramolecular Hbond substituents is 1. The van der Waals surface area contributed by atoms with Crippen LogP contribution >= 0.6 is 0 Å². The molecule has 1 N–H and O–H groups in total. The molecule has 1 aromatic heterocycles. The third kappa shape index (κ3) is 3.06. The average molecular weight is 311 g/mol. The third-order valence-corrected chi connectivity index (χ3v) is 3.47. The second kappa shape index (κ2) is 5.92. The minimum absolute atomic E-state index is 0.167. The van der Waals surface area contributed by atoms with E-state index in [4.69, 9.17) is 0 Å². The molecule has 0 spiro atoms. The molecule has 23 heavy (non-hydrogen) atoms. The number of nitrogens with zero attached hydrogens (tertiary/aromatic N) is 3. The van der Waals surface area contributed by atoms with Crippen LogP contribution in [0.5, 0.6) is 5.75 Å². The van der Waals surface area contributed by atoms with Gasteiger partial charge in [0, 0.05) is 24.5 Å². The summed E-state index contributed by atoms with van der Waals surface area (Å²) in [6, 6.07) is 11.9. The van der Waals surface area contributed by atoms with E-state index in [0.29, 0.717) is 11.4 Å². The number of aromatic hydroxyl groups is 1. The Labute approximate surface area is 132 Å². The minimum atomic E-state index is -0.355. The lowest BCUT2D eigenvalue weighted by Crippen LogP contribution is -2.30. The number of aromatic nitrogens is 2. The zero-order valence-electron chi connectivity index (χ0n) is 12.3. The lowest BCUT2D eigenvalue weighted by atomic mass is 10.2. The number of phenols is 1. The molecular formula is C17H14FN3O2. The van der Waals surface area contributed by atoms with Crippen molar-refractivity contribution in [2.45, 2.75) is 0 Å². The summed E-state index contributed by atoms with van der Waals surface area (Å²) < 4.78 is 14.3. The Bertz CT molecular complexity index is 826. The Hall–Kier alpha value is -3.15. The molecule has 0 aliphatic heterocycles. The molecule has 0 saturated heterocycles. The van der Waals surface area contributed by atoms with Gasteiger partial charge in [-0.15, -0.1) is 0 Å². The predicted octanol–water partition coefficient (Wildman–Crippen LogP) is 3.50. The molecule has 0 aliphatic rings. The highest BCUT2D eigenvalue weighted by molar-refractivity contribution is 5.93. The van der Waals surface area contributed by atoms with Crippen molar-refractivity contribution in [1.29, 1.82) is 0 Å². The lowest BCUT2D eigenvalue weighted by Gasteiger charge is -2.17. The largest absolute Gasteiger partial charge is 0.508 e. The van der Waals surface area contributed by atoms with Crippen LogP contribution < -0.4 is 4.90 Å². The highest BCUT2D eigenvalue weighted by atomic mass is 19.1. The van der Waals surface area contributed by atoms with E-state index in [-0.39, 0.29) is 17.6 Å². The van der Waals surface area contributed by atoms with Crippen molar-refractivity contribution in [3.05, 3.63) is 66.9 Å². The van der Waals surface area contributed by atoms with Crippen molar-refractivity contribution in [2.24, 2.45) is 0 Å². The summed E-state index contributed by atoms with van der Waals surface area (Å²) in [5, 5.41) is 9.30. The first kappa shape index (κ1) is 14.8. The van der Waals surface area contributed by atoms with E-state index in [0.717, 1.165) is 5.56 Å². The number of hydrogen-bond donors (Lipinski definition) is 1. The van der Waals surface area contributed by atoms with Crippen molar-refractivity contribution in [2.75, 3.05) is 11.9 Å². The molecule has 5 nitrogen and oxygen atoms in total. The molecule has 0 atom stereocenters. The molecule has 3 rings (SSSR count). The van der Waals surface area contributed by atoms with E-state index in [1.165, 1.54) is 40.1 Å². The summed E-state index contributed by atoms with van der Waals surface area (Å²) in [5.41, 5.74) is 1.99. The summed E-state index contributed by atoms with van der Waals surface area (Å²) in [5.74, 6) is -0.188. The standard InChI is InChI=1S/C17H14FN3O2/c1-20(14-6-4-13(18)5-7-14)17(23)21-10-16(19-11-21)12-2-8-15(22)9-3-12/h2-11,22H,1H3. The predicted molar refractivity (Wildman–Crippen MR) is 84.9 cm³/mol. The zero-order valence-corrected chi connectivity index (χ0v) is 12.3. The van der Waals surface area contributed by atoms with Gasteiger partial charge in [0.2, 0.25) is 0 Å². The molecule has 0 radical (unpaired) electrons. The molecule has 0 saturated carbocycles. The molecule has 6 heteroatoms. The summed E-state index contributed by atoms with van der Waals surface area (Å²) in [6.07, 6.45) is 3.03. The highest BCUT2D eigenvalue weighted by Crippen LogP contribution is 2.21. The number of carbonyl (C=O) groups is 1. The Balaban J connectivity index is 1.83. The third-order valence-electron chi connectivity index (χ3n) is 3.47. The monoisotopic (exact) mass is 311 g/mol. The van der Waals surface area contributed by atoms with Gasteiger partial charge in [0.25, 0.3) is 0 Å². The normalized spacial score (nSPS) is 10.5. The Morgan fingerprint density at radius 2 is 1.78 bits per heavy atom. The van der Waals surface area contributed by atoms with Gasteiger partial charge >= 0.3 is 6.03 Å². The fourth-order valence-corrected chi connectivity index (χ4v) is 2.16. The zero-order chi connectivity index (χ0) is 16.4. The van der Waals surface area contributed by atoms with Crippen molar-refractivity contribution >= 4 is 11.7 Å². The van der Waals surface area contributed by atoms with E-state index < -0.39 is 0 Å². The van der Waals surface area contributed by atoms with Gasteiger partial charge < -0.3 is 5.11 Å². The summed E-state index contributed by atoms with van der Waals surface area (Å²) in [7, 11) is 1.61. The van der Waals surface area contributed by atoms with Crippen LogP contribution in [0.1, 0.15) is 0 Å². The van der Waals surface area contributed by atoms with E-state index in [1.807, 2.05) is 0 Å². The topological polar surface area (TPSA) is 58.4 Å². The molecule has 116 valence electrons. The smallest absolute Gasteiger partial charge is 0.333 e. The van der Waals surface area contributed by atoms with Gasteiger partial charge in [-0.2, -0.15) is 0 Å². The van der Waals surface area contributed by atoms with Gasteiger partial charge in [-0.05, 0) is 48.5 Å². The van der Waals surface area contributed by atoms with Crippen LogP contribution in [0.15, 0.2) is 61.1 Å². The van der Waals surface area contributed by atoms with Crippen molar-refractivity contribution < 1.29 is 14.3 Å². The first-order valence-corrected chi connectivity index (χ1v) is 6.91. The molecule has 0 aliphatic carbocycles. The van der Waals surface area contributed by atoms with E-state index in [2.05, 4.69) is 4.98 Å². The number of anilines is 1. The van der Waals surface area contributed by atoms with E-state index in [9.17, 15) is 14.3 Å².